The lowest BCUT2D eigenvalue weighted by Crippen LogP contribution is -2.25. The third-order valence-corrected chi connectivity index (χ3v) is 3.48. The van der Waals surface area contributed by atoms with E-state index < -0.39 is 0 Å². The van der Waals surface area contributed by atoms with Crippen molar-refractivity contribution in [2.75, 3.05) is 5.73 Å². The van der Waals surface area contributed by atoms with Crippen LogP contribution in [-0.4, -0.2) is 9.36 Å². The smallest absolute Gasteiger partial charge is 0.290 e. The summed E-state index contributed by atoms with van der Waals surface area (Å²) in [7, 11) is 0. The van der Waals surface area contributed by atoms with Gasteiger partial charge in [-0.15, -0.1) is 0 Å². The highest BCUT2D eigenvalue weighted by Gasteiger charge is 2.16. The minimum absolute atomic E-state index is 0.0641. The Morgan fingerprint density at radius 3 is 2.35 bits per heavy atom. The van der Waals surface area contributed by atoms with Crippen LogP contribution in [0.3, 0.4) is 0 Å². The van der Waals surface area contributed by atoms with Crippen molar-refractivity contribution in [2.24, 2.45) is 0 Å². The number of nitrogens with zero attached hydrogens (tertiary/aromatic N) is 2. The average Bonchev–Trinajstić information content (AvgIpc) is 2.67. The molecule has 0 saturated heterocycles. The molecule has 0 saturated carbocycles. The first-order valence-electron chi connectivity index (χ1n) is 7.30. The number of hydrogen-bond acceptors (Lipinski definition) is 2. The monoisotopic (exact) mass is 273 g/mol. The zero-order valence-corrected chi connectivity index (χ0v) is 12.3. The van der Waals surface area contributed by atoms with Gasteiger partial charge in [-0.3, -0.25) is 9.48 Å². The maximum Gasteiger partial charge on any atom is 0.290 e. The Bertz CT molecular complexity index is 611. The molecule has 0 aliphatic heterocycles. The highest BCUT2D eigenvalue weighted by atomic mass is 16.1. The summed E-state index contributed by atoms with van der Waals surface area (Å²) >= 11 is 0. The summed E-state index contributed by atoms with van der Waals surface area (Å²) in [6.45, 7) is 5.63. The number of nitrogens with two attached hydrogens (primary N) is 1. The zero-order valence-electron chi connectivity index (χ0n) is 12.3. The fourth-order valence-corrected chi connectivity index (χ4v) is 2.54. The molecule has 0 atom stereocenters. The molecule has 4 heteroatoms. The van der Waals surface area contributed by atoms with Gasteiger partial charge in [-0.2, -0.15) is 0 Å². The van der Waals surface area contributed by atoms with Crippen molar-refractivity contribution in [1.82, 2.24) is 9.36 Å². The number of nitrogen functional groups attached to an aromatic ring is 1. The molecule has 0 aliphatic carbocycles. The summed E-state index contributed by atoms with van der Waals surface area (Å²) in [5.41, 5.74) is 8.47. The minimum Gasteiger partial charge on any atom is -0.393 e. The lowest BCUT2D eigenvalue weighted by atomic mass is 10.2. The van der Waals surface area contributed by atoms with E-state index in [1.807, 2.05) is 30.3 Å². The largest absolute Gasteiger partial charge is 0.393 e. The van der Waals surface area contributed by atoms with Gasteiger partial charge >= 0.3 is 0 Å². The number of anilines is 1. The van der Waals surface area contributed by atoms with Crippen molar-refractivity contribution >= 4 is 5.69 Å². The van der Waals surface area contributed by atoms with E-state index in [9.17, 15) is 4.79 Å². The summed E-state index contributed by atoms with van der Waals surface area (Å²) < 4.78 is 3.84. The van der Waals surface area contributed by atoms with Crippen molar-refractivity contribution in [3.05, 3.63) is 51.9 Å². The van der Waals surface area contributed by atoms with E-state index in [0.717, 1.165) is 37.1 Å². The molecule has 0 aliphatic rings. The average molecular weight is 273 g/mol. The van der Waals surface area contributed by atoms with Crippen LogP contribution in [0, 0.1) is 0 Å². The van der Waals surface area contributed by atoms with Crippen LogP contribution in [0.4, 0.5) is 5.69 Å². The molecule has 0 unspecified atom stereocenters. The van der Waals surface area contributed by atoms with Crippen LogP contribution < -0.4 is 11.3 Å². The molecule has 2 aromatic rings. The molecule has 1 heterocycles. The van der Waals surface area contributed by atoms with Gasteiger partial charge in [0.15, 0.2) is 0 Å². The van der Waals surface area contributed by atoms with Gasteiger partial charge in [-0.05, 0) is 18.4 Å². The first kappa shape index (κ1) is 14.4. The van der Waals surface area contributed by atoms with Gasteiger partial charge in [0.2, 0.25) is 0 Å². The molecular weight excluding hydrogens is 250 g/mol. The molecule has 1 aromatic carbocycles. The van der Waals surface area contributed by atoms with E-state index in [1.54, 1.807) is 4.68 Å². The number of aromatic nitrogens is 2. The highest BCUT2D eigenvalue weighted by Crippen LogP contribution is 2.13. The molecule has 0 spiro atoms. The Morgan fingerprint density at radius 1 is 1.05 bits per heavy atom. The Morgan fingerprint density at radius 2 is 1.75 bits per heavy atom. The molecule has 2 rings (SSSR count). The molecule has 4 nitrogen and oxygen atoms in total. The number of rotatable bonds is 6. The van der Waals surface area contributed by atoms with E-state index >= 15 is 0 Å². The van der Waals surface area contributed by atoms with Gasteiger partial charge in [0.1, 0.15) is 5.69 Å². The van der Waals surface area contributed by atoms with Crippen molar-refractivity contribution in [3.8, 4) is 0 Å². The summed E-state index contributed by atoms with van der Waals surface area (Å²) in [6, 6.07) is 10.0. The molecule has 108 valence electrons. The second kappa shape index (κ2) is 6.46. The van der Waals surface area contributed by atoms with Crippen LogP contribution in [0.2, 0.25) is 0 Å². The lowest BCUT2D eigenvalue weighted by Gasteiger charge is -2.14. The Kier molecular flexibility index (Phi) is 4.66. The Balaban J connectivity index is 2.45. The van der Waals surface area contributed by atoms with Crippen LogP contribution in [0.15, 0.2) is 35.1 Å². The Hall–Kier alpha value is -1.97. The summed E-state index contributed by atoms with van der Waals surface area (Å²) in [4.78, 5) is 12.4. The van der Waals surface area contributed by atoms with E-state index in [-0.39, 0.29) is 5.56 Å². The standard InChI is InChI=1S/C16H23N3O/c1-3-8-14-15(17)16(20)19(18(14)11-4-2)12-13-9-6-5-7-10-13/h5-7,9-10H,3-4,8,11-12,17H2,1-2H3. The third-order valence-electron chi connectivity index (χ3n) is 3.48. The summed E-state index contributed by atoms with van der Waals surface area (Å²) in [5, 5.41) is 0. The first-order chi connectivity index (χ1) is 9.69. The summed E-state index contributed by atoms with van der Waals surface area (Å²) in [6.07, 6.45) is 2.82. The third kappa shape index (κ3) is 2.79. The molecule has 0 bridgehead atoms. The van der Waals surface area contributed by atoms with E-state index in [4.69, 9.17) is 5.73 Å². The SMILES string of the molecule is CCCc1c(N)c(=O)n(Cc2ccccc2)n1CCC. The second-order valence-electron chi connectivity index (χ2n) is 5.08. The predicted molar refractivity (Wildman–Crippen MR) is 82.9 cm³/mol. The quantitative estimate of drug-likeness (QED) is 0.879. The van der Waals surface area contributed by atoms with Crippen molar-refractivity contribution < 1.29 is 0 Å². The van der Waals surface area contributed by atoms with Gasteiger partial charge in [0.05, 0.1) is 12.2 Å². The second-order valence-corrected chi connectivity index (χ2v) is 5.08. The summed E-state index contributed by atoms with van der Waals surface area (Å²) in [5.74, 6) is 0. The van der Waals surface area contributed by atoms with Gasteiger partial charge < -0.3 is 5.73 Å². The fourth-order valence-electron chi connectivity index (χ4n) is 2.54. The maximum atomic E-state index is 12.4. The topological polar surface area (TPSA) is 53.0 Å². The molecule has 0 amide bonds. The molecule has 1 aromatic heterocycles. The van der Waals surface area contributed by atoms with Gasteiger partial charge in [0.25, 0.3) is 5.56 Å². The molecule has 2 N–H and O–H groups in total. The predicted octanol–water partition coefficient (Wildman–Crippen LogP) is 2.64. The van der Waals surface area contributed by atoms with Gasteiger partial charge in [-0.25, -0.2) is 4.68 Å². The lowest BCUT2D eigenvalue weighted by molar-refractivity contribution is 0.449. The van der Waals surface area contributed by atoms with Crippen LogP contribution >= 0.6 is 0 Å². The van der Waals surface area contributed by atoms with E-state index in [0.29, 0.717) is 12.2 Å². The van der Waals surface area contributed by atoms with Gasteiger partial charge in [0, 0.05) is 6.54 Å². The molecular formula is C16H23N3O. The van der Waals surface area contributed by atoms with Crippen LogP contribution in [0.5, 0.6) is 0 Å². The minimum atomic E-state index is -0.0641. The number of benzene rings is 1. The maximum absolute atomic E-state index is 12.4. The van der Waals surface area contributed by atoms with Crippen molar-refractivity contribution in [2.45, 2.75) is 46.2 Å². The van der Waals surface area contributed by atoms with Crippen LogP contribution in [0.25, 0.3) is 0 Å². The van der Waals surface area contributed by atoms with Gasteiger partial charge in [-0.1, -0.05) is 50.6 Å². The molecule has 20 heavy (non-hydrogen) atoms. The van der Waals surface area contributed by atoms with Crippen molar-refractivity contribution in [3.63, 3.8) is 0 Å². The van der Waals surface area contributed by atoms with Crippen molar-refractivity contribution in [1.29, 1.82) is 0 Å². The Labute approximate surface area is 119 Å². The number of hydrogen-bond donors (Lipinski definition) is 1. The fraction of sp³-hybridized carbons (Fsp3) is 0.438. The highest BCUT2D eigenvalue weighted by molar-refractivity contribution is 5.42. The normalized spacial score (nSPS) is 10.9. The zero-order chi connectivity index (χ0) is 14.5. The van der Waals surface area contributed by atoms with Crippen LogP contribution in [0.1, 0.15) is 37.9 Å². The van der Waals surface area contributed by atoms with E-state index in [2.05, 4.69) is 18.5 Å². The molecule has 0 radical (unpaired) electrons. The first-order valence-corrected chi connectivity index (χ1v) is 7.30. The van der Waals surface area contributed by atoms with E-state index in [1.165, 1.54) is 0 Å². The van der Waals surface area contributed by atoms with Crippen LogP contribution in [-0.2, 0) is 19.5 Å². The molecule has 0 fully saturated rings.